The predicted molar refractivity (Wildman–Crippen MR) is 94.5 cm³/mol. The maximum Gasteiger partial charge on any atom is 0.293 e. The fraction of sp³-hybridized carbons (Fsp3) is 0.235. The number of benzene rings is 2. The van der Waals surface area contributed by atoms with Crippen LogP contribution in [0, 0.1) is 37.8 Å². The predicted octanol–water partition coefficient (Wildman–Crippen LogP) is 3.55. The summed E-state index contributed by atoms with van der Waals surface area (Å²) in [5.41, 5.74) is 5.18. The molecule has 1 aromatic heterocycles. The molecule has 0 bridgehead atoms. The van der Waals surface area contributed by atoms with Gasteiger partial charge in [-0.15, -0.1) is 0 Å². The summed E-state index contributed by atoms with van der Waals surface area (Å²) in [4.78, 5) is 10.9. The fourth-order valence-electron chi connectivity index (χ4n) is 2.47. The van der Waals surface area contributed by atoms with Gasteiger partial charge in [-0.3, -0.25) is 10.1 Å². The van der Waals surface area contributed by atoms with Gasteiger partial charge >= 0.3 is 0 Å². The van der Waals surface area contributed by atoms with Crippen LogP contribution in [-0.4, -0.2) is 25.1 Å². The Hall–Kier alpha value is -3.29. The number of anilines is 2. The zero-order valence-corrected chi connectivity index (χ0v) is 14.4. The van der Waals surface area contributed by atoms with E-state index in [-0.39, 0.29) is 5.69 Å². The first-order chi connectivity index (χ1) is 11.9. The third kappa shape index (κ3) is 3.18. The summed E-state index contributed by atoms with van der Waals surface area (Å²) in [7, 11) is 0. The van der Waals surface area contributed by atoms with Gasteiger partial charge in [0.15, 0.2) is 0 Å². The molecule has 0 aliphatic heterocycles. The summed E-state index contributed by atoms with van der Waals surface area (Å²) in [6.45, 7) is 7.77. The summed E-state index contributed by atoms with van der Waals surface area (Å²) >= 11 is 0. The van der Waals surface area contributed by atoms with Crippen molar-refractivity contribution < 1.29 is 4.92 Å². The molecule has 0 radical (unpaired) electrons. The molecule has 0 spiro atoms. The molecule has 0 saturated carbocycles. The van der Waals surface area contributed by atoms with Crippen molar-refractivity contribution in [2.45, 2.75) is 27.7 Å². The van der Waals surface area contributed by atoms with E-state index in [1.807, 2.05) is 45.9 Å². The van der Waals surface area contributed by atoms with Crippen LogP contribution in [0.5, 0.6) is 0 Å². The SMILES string of the molecule is Cc1ccc(-n2nnnc2Nc2cc(C)c(C)cc2[N+](=O)[O-])cc1C. The second-order valence-corrected chi connectivity index (χ2v) is 6.02. The van der Waals surface area contributed by atoms with Crippen LogP contribution < -0.4 is 5.32 Å². The second-order valence-electron chi connectivity index (χ2n) is 6.02. The molecule has 0 saturated heterocycles. The molecule has 0 unspecified atom stereocenters. The van der Waals surface area contributed by atoms with Gasteiger partial charge in [-0.2, -0.15) is 4.68 Å². The van der Waals surface area contributed by atoms with E-state index in [0.717, 1.165) is 27.9 Å². The van der Waals surface area contributed by atoms with Crippen molar-refractivity contribution in [3.05, 3.63) is 62.7 Å². The van der Waals surface area contributed by atoms with E-state index >= 15 is 0 Å². The normalized spacial score (nSPS) is 10.7. The highest BCUT2D eigenvalue weighted by molar-refractivity contribution is 5.69. The van der Waals surface area contributed by atoms with Gasteiger partial charge in [-0.1, -0.05) is 11.2 Å². The van der Waals surface area contributed by atoms with E-state index in [0.29, 0.717) is 11.6 Å². The highest BCUT2D eigenvalue weighted by Gasteiger charge is 2.18. The third-order valence-corrected chi connectivity index (χ3v) is 4.26. The number of tetrazole rings is 1. The minimum absolute atomic E-state index is 0.0160. The molecule has 0 amide bonds. The van der Waals surface area contributed by atoms with Gasteiger partial charge in [0.1, 0.15) is 5.69 Å². The third-order valence-electron chi connectivity index (χ3n) is 4.26. The van der Waals surface area contributed by atoms with E-state index < -0.39 is 4.92 Å². The van der Waals surface area contributed by atoms with Gasteiger partial charge in [0.05, 0.1) is 10.6 Å². The Labute approximate surface area is 144 Å². The van der Waals surface area contributed by atoms with Crippen LogP contribution in [0.3, 0.4) is 0 Å². The lowest BCUT2D eigenvalue weighted by Crippen LogP contribution is -2.06. The quantitative estimate of drug-likeness (QED) is 0.577. The molecule has 2 aromatic carbocycles. The van der Waals surface area contributed by atoms with Crippen molar-refractivity contribution in [1.29, 1.82) is 0 Å². The molecule has 1 heterocycles. The van der Waals surface area contributed by atoms with Crippen LogP contribution >= 0.6 is 0 Å². The van der Waals surface area contributed by atoms with Crippen molar-refractivity contribution >= 4 is 17.3 Å². The van der Waals surface area contributed by atoms with Crippen LogP contribution in [0.2, 0.25) is 0 Å². The van der Waals surface area contributed by atoms with E-state index in [1.165, 1.54) is 4.68 Å². The second kappa shape index (κ2) is 6.31. The van der Waals surface area contributed by atoms with Crippen LogP contribution in [-0.2, 0) is 0 Å². The highest BCUT2D eigenvalue weighted by atomic mass is 16.6. The first kappa shape index (κ1) is 16.6. The molecule has 0 aliphatic carbocycles. The summed E-state index contributed by atoms with van der Waals surface area (Å²) in [6, 6.07) is 9.12. The molecule has 0 fully saturated rings. The minimum Gasteiger partial charge on any atom is -0.317 e. The van der Waals surface area contributed by atoms with Crippen molar-refractivity contribution in [1.82, 2.24) is 20.2 Å². The summed E-state index contributed by atoms with van der Waals surface area (Å²) in [5.74, 6) is 0.314. The Morgan fingerprint density at radius 2 is 1.68 bits per heavy atom. The molecule has 8 nitrogen and oxygen atoms in total. The maximum atomic E-state index is 11.4. The highest BCUT2D eigenvalue weighted by Crippen LogP contribution is 2.30. The fourth-order valence-corrected chi connectivity index (χ4v) is 2.47. The maximum absolute atomic E-state index is 11.4. The monoisotopic (exact) mass is 338 g/mol. The number of aromatic nitrogens is 4. The number of hydrogen-bond acceptors (Lipinski definition) is 6. The standard InChI is InChI=1S/C17H18N6O2/c1-10-5-6-14(7-11(10)2)22-17(19-20-21-22)18-15-8-12(3)13(4)9-16(15)23(24)25/h5-9H,1-4H3,(H,18,19,21). The number of rotatable bonds is 4. The lowest BCUT2D eigenvalue weighted by atomic mass is 10.1. The van der Waals surface area contributed by atoms with Gasteiger partial charge in [0, 0.05) is 6.07 Å². The molecule has 25 heavy (non-hydrogen) atoms. The van der Waals surface area contributed by atoms with Gasteiger partial charge < -0.3 is 5.32 Å². The Morgan fingerprint density at radius 1 is 1.00 bits per heavy atom. The molecular weight excluding hydrogens is 320 g/mol. The van der Waals surface area contributed by atoms with Gasteiger partial charge in [0.25, 0.3) is 11.6 Å². The number of nitrogens with one attached hydrogen (secondary N) is 1. The van der Waals surface area contributed by atoms with Crippen molar-refractivity contribution in [2.24, 2.45) is 0 Å². The number of nitro benzene ring substituents is 1. The molecule has 3 rings (SSSR count). The first-order valence-corrected chi connectivity index (χ1v) is 7.75. The molecule has 1 N–H and O–H groups in total. The smallest absolute Gasteiger partial charge is 0.293 e. The lowest BCUT2D eigenvalue weighted by molar-refractivity contribution is -0.384. The Kier molecular flexibility index (Phi) is 4.18. The summed E-state index contributed by atoms with van der Waals surface area (Å²) in [5, 5.41) is 26.0. The van der Waals surface area contributed by atoms with Crippen molar-refractivity contribution in [2.75, 3.05) is 5.32 Å². The van der Waals surface area contributed by atoms with Gasteiger partial charge in [-0.25, -0.2) is 0 Å². The van der Waals surface area contributed by atoms with E-state index in [4.69, 9.17) is 0 Å². The van der Waals surface area contributed by atoms with E-state index in [2.05, 4.69) is 20.8 Å². The van der Waals surface area contributed by atoms with E-state index in [1.54, 1.807) is 12.1 Å². The molecule has 0 aliphatic rings. The molecule has 8 heteroatoms. The zero-order chi connectivity index (χ0) is 18.1. The summed E-state index contributed by atoms with van der Waals surface area (Å²) < 4.78 is 1.52. The summed E-state index contributed by atoms with van der Waals surface area (Å²) in [6.07, 6.45) is 0. The molecule has 0 atom stereocenters. The average Bonchev–Trinajstić information content (AvgIpc) is 3.01. The van der Waals surface area contributed by atoms with Crippen molar-refractivity contribution in [3.8, 4) is 5.69 Å². The van der Waals surface area contributed by atoms with Crippen LogP contribution in [0.25, 0.3) is 5.69 Å². The van der Waals surface area contributed by atoms with Crippen LogP contribution in [0.1, 0.15) is 22.3 Å². The van der Waals surface area contributed by atoms with E-state index in [9.17, 15) is 10.1 Å². The Morgan fingerprint density at radius 3 is 2.36 bits per heavy atom. The number of aryl methyl sites for hydroxylation is 4. The number of hydrogen-bond donors (Lipinski definition) is 1. The van der Waals surface area contributed by atoms with Crippen molar-refractivity contribution in [3.63, 3.8) is 0 Å². The van der Waals surface area contributed by atoms with Crippen LogP contribution in [0.15, 0.2) is 30.3 Å². The number of nitro groups is 1. The minimum atomic E-state index is -0.418. The molecule has 128 valence electrons. The molecule has 3 aromatic rings. The Balaban J connectivity index is 2.03. The van der Waals surface area contributed by atoms with Gasteiger partial charge in [-0.05, 0) is 78.6 Å². The van der Waals surface area contributed by atoms with Crippen LogP contribution in [0.4, 0.5) is 17.3 Å². The first-order valence-electron chi connectivity index (χ1n) is 7.75. The zero-order valence-electron chi connectivity index (χ0n) is 14.4. The molecular formula is C17H18N6O2. The average molecular weight is 338 g/mol. The van der Waals surface area contributed by atoms with Gasteiger partial charge in [0.2, 0.25) is 0 Å². The lowest BCUT2D eigenvalue weighted by Gasteiger charge is -2.10. The topological polar surface area (TPSA) is 98.8 Å². The largest absolute Gasteiger partial charge is 0.317 e. The number of nitrogens with zero attached hydrogens (tertiary/aromatic N) is 5. The Bertz CT molecular complexity index is 964.